The van der Waals surface area contributed by atoms with Crippen molar-refractivity contribution < 1.29 is 4.42 Å². The van der Waals surface area contributed by atoms with Crippen LogP contribution in [0, 0.1) is 6.92 Å². The second kappa shape index (κ2) is 8.40. The molecule has 4 nitrogen and oxygen atoms in total. The van der Waals surface area contributed by atoms with Crippen LogP contribution in [0.25, 0.3) is 72.1 Å². The van der Waals surface area contributed by atoms with Crippen LogP contribution in [0.1, 0.15) is 5.69 Å². The number of pyridine rings is 1. The fourth-order valence-corrected chi connectivity index (χ4v) is 5.75. The van der Waals surface area contributed by atoms with Crippen molar-refractivity contribution in [1.29, 1.82) is 0 Å². The molecule has 0 aliphatic carbocycles. The second-order valence-electron chi connectivity index (χ2n) is 9.88. The fraction of sp³-hybridized carbons (Fsp3) is 0.0286. The van der Waals surface area contributed by atoms with Gasteiger partial charge < -0.3 is 4.42 Å². The molecule has 0 atom stereocenters. The van der Waals surface area contributed by atoms with Crippen LogP contribution in [0.2, 0.25) is 0 Å². The van der Waals surface area contributed by atoms with Crippen molar-refractivity contribution in [2.45, 2.75) is 6.92 Å². The van der Waals surface area contributed by atoms with Gasteiger partial charge in [0.1, 0.15) is 16.7 Å². The molecular weight excluding hydrogens is 478 g/mol. The highest BCUT2D eigenvalue weighted by molar-refractivity contribution is 6.11. The van der Waals surface area contributed by atoms with Crippen LogP contribution < -0.4 is 0 Å². The molecule has 8 rings (SSSR count). The largest absolute Gasteiger partial charge is 0.455 e. The summed E-state index contributed by atoms with van der Waals surface area (Å²) in [7, 11) is 0. The van der Waals surface area contributed by atoms with Gasteiger partial charge in [-0.15, -0.1) is 0 Å². The monoisotopic (exact) mass is 501 g/mol. The third kappa shape index (κ3) is 3.32. The van der Waals surface area contributed by atoms with Gasteiger partial charge in [0.2, 0.25) is 0 Å². The van der Waals surface area contributed by atoms with Crippen molar-refractivity contribution >= 4 is 43.9 Å². The number of nitrogens with zero attached hydrogens (tertiary/aromatic N) is 3. The maximum absolute atomic E-state index is 6.62. The van der Waals surface area contributed by atoms with Crippen LogP contribution in [-0.2, 0) is 0 Å². The van der Waals surface area contributed by atoms with Crippen LogP contribution in [0.4, 0.5) is 0 Å². The number of aryl methyl sites for hydroxylation is 1. The second-order valence-corrected chi connectivity index (χ2v) is 9.88. The molecular formula is C35H23N3O. The Morgan fingerprint density at radius 1 is 0.590 bits per heavy atom. The highest BCUT2D eigenvalue weighted by Crippen LogP contribution is 2.40. The van der Waals surface area contributed by atoms with Gasteiger partial charge in [-0.05, 0) is 48.4 Å². The number of hydrogen-bond donors (Lipinski definition) is 0. The number of furan rings is 1. The van der Waals surface area contributed by atoms with Crippen LogP contribution in [0.5, 0.6) is 0 Å². The lowest BCUT2D eigenvalue weighted by atomic mass is 10.0. The maximum Gasteiger partial charge on any atom is 0.179 e. The Labute approximate surface area is 224 Å². The molecule has 184 valence electrons. The molecule has 0 amide bonds. The zero-order chi connectivity index (χ0) is 25.9. The number of hydrogen-bond acceptors (Lipinski definition) is 3. The number of para-hydroxylation sites is 2. The zero-order valence-electron chi connectivity index (χ0n) is 21.3. The third-order valence-electron chi connectivity index (χ3n) is 7.57. The number of benzene rings is 5. The lowest BCUT2D eigenvalue weighted by Crippen LogP contribution is -1.98. The molecule has 0 spiro atoms. The fourth-order valence-electron chi connectivity index (χ4n) is 5.75. The smallest absolute Gasteiger partial charge is 0.179 e. The molecule has 0 radical (unpaired) electrons. The zero-order valence-corrected chi connectivity index (χ0v) is 21.3. The van der Waals surface area contributed by atoms with Crippen LogP contribution in [-0.4, -0.2) is 14.5 Å². The summed E-state index contributed by atoms with van der Waals surface area (Å²) in [6, 6.07) is 42.0. The normalized spacial score (nSPS) is 11.7. The van der Waals surface area contributed by atoms with Crippen LogP contribution in [0.3, 0.4) is 0 Å². The summed E-state index contributed by atoms with van der Waals surface area (Å²) in [4.78, 5) is 10.1. The van der Waals surface area contributed by atoms with E-state index in [1.54, 1.807) is 0 Å². The third-order valence-corrected chi connectivity index (χ3v) is 7.57. The molecule has 0 fully saturated rings. The minimum Gasteiger partial charge on any atom is -0.455 e. The van der Waals surface area contributed by atoms with Crippen LogP contribution >= 0.6 is 0 Å². The van der Waals surface area contributed by atoms with Crippen molar-refractivity contribution in [1.82, 2.24) is 14.5 Å². The van der Waals surface area contributed by atoms with Gasteiger partial charge in [0.05, 0.1) is 5.56 Å². The molecule has 0 unspecified atom stereocenters. The van der Waals surface area contributed by atoms with E-state index in [-0.39, 0.29) is 0 Å². The predicted octanol–water partition coefficient (Wildman–Crippen LogP) is 9.12. The molecule has 3 aromatic heterocycles. The molecule has 0 bridgehead atoms. The van der Waals surface area contributed by atoms with E-state index >= 15 is 0 Å². The molecule has 39 heavy (non-hydrogen) atoms. The predicted molar refractivity (Wildman–Crippen MR) is 159 cm³/mol. The highest BCUT2D eigenvalue weighted by atomic mass is 16.3. The van der Waals surface area contributed by atoms with E-state index < -0.39 is 0 Å². The van der Waals surface area contributed by atoms with Crippen molar-refractivity contribution in [2.75, 3.05) is 0 Å². The Kier molecular flexibility index (Phi) is 4.70. The summed E-state index contributed by atoms with van der Waals surface area (Å²) in [6.07, 6.45) is 0. The van der Waals surface area contributed by atoms with Crippen molar-refractivity contribution in [3.8, 4) is 28.2 Å². The van der Waals surface area contributed by atoms with Crippen LogP contribution in [0.15, 0.2) is 126 Å². The van der Waals surface area contributed by atoms with E-state index in [0.29, 0.717) is 0 Å². The summed E-state index contributed by atoms with van der Waals surface area (Å²) in [5.41, 5.74) is 8.65. The maximum atomic E-state index is 6.62. The molecule has 0 aliphatic rings. The summed E-state index contributed by atoms with van der Waals surface area (Å²) in [6.45, 7) is 2.05. The number of imidazole rings is 1. The summed E-state index contributed by atoms with van der Waals surface area (Å²) >= 11 is 0. The van der Waals surface area contributed by atoms with E-state index in [1.165, 1.54) is 5.56 Å². The molecule has 0 aliphatic heterocycles. The first-order chi connectivity index (χ1) is 19.3. The Bertz CT molecular complexity index is 2170. The SMILES string of the molecule is Cc1nc2nc(-c3cccc4c3oc3cc(-c5ccccc5)ccc34)n(-c3ccccc3)c2c2ccccc12. The van der Waals surface area contributed by atoms with E-state index in [2.05, 4.69) is 114 Å². The van der Waals surface area contributed by atoms with Gasteiger partial charge >= 0.3 is 0 Å². The van der Waals surface area contributed by atoms with Crippen molar-refractivity contribution in [2.24, 2.45) is 0 Å². The molecule has 3 heterocycles. The Hall–Kier alpha value is -5.22. The average molecular weight is 502 g/mol. The summed E-state index contributed by atoms with van der Waals surface area (Å²) in [5, 5.41) is 4.42. The summed E-state index contributed by atoms with van der Waals surface area (Å²) < 4.78 is 8.85. The molecule has 8 aromatic rings. The first kappa shape index (κ1) is 21.8. The first-order valence-electron chi connectivity index (χ1n) is 13.1. The van der Waals surface area contributed by atoms with Crippen molar-refractivity contribution in [3.05, 3.63) is 127 Å². The minimum atomic E-state index is 0.726. The molecule has 4 heteroatoms. The Morgan fingerprint density at radius 3 is 2.13 bits per heavy atom. The number of aromatic nitrogens is 3. The molecule has 5 aromatic carbocycles. The van der Waals surface area contributed by atoms with E-state index in [9.17, 15) is 0 Å². The van der Waals surface area contributed by atoms with Crippen molar-refractivity contribution in [3.63, 3.8) is 0 Å². The highest BCUT2D eigenvalue weighted by Gasteiger charge is 2.22. The topological polar surface area (TPSA) is 43.9 Å². The van der Waals surface area contributed by atoms with Gasteiger partial charge in [0.15, 0.2) is 11.5 Å². The standard InChI is InChI=1S/C35H23N3O/c1-22-26-15-8-9-16-28(26)32-34(36-22)37-35(38(32)25-13-6-3-7-14-25)30-18-10-17-29-27-20-19-24(21-31(27)39-33(29)30)23-11-4-2-5-12-23/h2-21H,1H3. The first-order valence-corrected chi connectivity index (χ1v) is 13.1. The van der Waals surface area contributed by atoms with E-state index in [4.69, 9.17) is 14.4 Å². The van der Waals surface area contributed by atoms with Gasteiger partial charge in [-0.25, -0.2) is 9.97 Å². The quantitative estimate of drug-likeness (QED) is 0.242. The summed E-state index contributed by atoms with van der Waals surface area (Å²) in [5.74, 6) is 0.812. The molecule has 0 N–H and O–H groups in total. The van der Waals surface area contributed by atoms with E-state index in [0.717, 1.165) is 72.2 Å². The molecule has 0 saturated heterocycles. The Balaban J connectivity index is 1.45. The Morgan fingerprint density at radius 2 is 1.31 bits per heavy atom. The van der Waals surface area contributed by atoms with Gasteiger partial charge in [0, 0.05) is 32.9 Å². The van der Waals surface area contributed by atoms with Gasteiger partial charge in [-0.1, -0.05) is 91.0 Å². The number of rotatable bonds is 3. The lowest BCUT2D eigenvalue weighted by Gasteiger charge is -2.11. The average Bonchev–Trinajstić information content (AvgIpc) is 3.56. The minimum absolute atomic E-state index is 0.726. The van der Waals surface area contributed by atoms with E-state index in [1.807, 2.05) is 19.1 Å². The van der Waals surface area contributed by atoms with Gasteiger partial charge in [0.25, 0.3) is 0 Å². The van der Waals surface area contributed by atoms with Gasteiger partial charge in [-0.3, -0.25) is 4.57 Å². The molecule has 0 saturated carbocycles. The lowest BCUT2D eigenvalue weighted by molar-refractivity contribution is 0.669. The van der Waals surface area contributed by atoms with Gasteiger partial charge in [-0.2, -0.15) is 0 Å². The number of fused-ring (bicyclic) bond motifs is 6.